The van der Waals surface area contributed by atoms with E-state index in [-0.39, 0.29) is 11.4 Å². The van der Waals surface area contributed by atoms with Crippen molar-refractivity contribution < 1.29 is 9.21 Å². The van der Waals surface area contributed by atoms with Gasteiger partial charge >= 0.3 is 0 Å². The zero-order valence-electron chi connectivity index (χ0n) is 21.6. The molecule has 1 aromatic carbocycles. The fraction of sp³-hybridized carbons (Fsp3) is 0.400. The lowest BCUT2D eigenvalue weighted by atomic mass is 9.83. The van der Waals surface area contributed by atoms with Gasteiger partial charge in [0.2, 0.25) is 0 Å². The van der Waals surface area contributed by atoms with E-state index in [1.165, 1.54) is 16.8 Å². The fourth-order valence-corrected chi connectivity index (χ4v) is 5.28. The molecule has 188 valence electrons. The summed E-state index contributed by atoms with van der Waals surface area (Å²) in [5.41, 5.74) is 5.70. The van der Waals surface area contributed by atoms with Crippen molar-refractivity contribution in [3.63, 3.8) is 0 Å². The second-order valence-electron chi connectivity index (χ2n) is 9.99. The maximum atomic E-state index is 13.5. The molecular weight excluding hydrogens is 448 g/mol. The molecule has 0 radical (unpaired) electrons. The van der Waals surface area contributed by atoms with Crippen LogP contribution in [0.15, 0.2) is 64.9 Å². The molecule has 1 saturated heterocycles. The number of oxazole rings is 1. The minimum absolute atomic E-state index is 0.0583. The molecule has 2 aliphatic heterocycles. The van der Waals surface area contributed by atoms with Gasteiger partial charge < -0.3 is 19.2 Å². The third-order valence-electron chi connectivity index (χ3n) is 7.43. The van der Waals surface area contributed by atoms with Gasteiger partial charge in [0.1, 0.15) is 5.52 Å². The molecule has 2 aliphatic rings. The zero-order chi connectivity index (χ0) is 25.1. The van der Waals surface area contributed by atoms with E-state index < -0.39 is 0 Å². The molecule has 6 nitrogen and oxygen atoms in total. The summed E-state index contributed by atoms with van der Waals surface area (Å²) in [5.74, 6) is 0.808. The normalized spacial score (nSPS) is 20.4. The molecule has 0 aliphatic carbocycles. The molecule has 1 fully saturated rings. The average Bonchev–Trinajstić information content (AvgIpc) is 3.48. The molecule has 4 heterocycles. The van der Waals surface area contributed by atoms with Crippen LogP contribution in [-0.2, 0) is 12.0 Å². The summed E-state index contributed by atoms with van der Waals surface area (Å²) in [7, 11) is 0. The van der Waals surface area contributed by atoms with Crippen LogP contribution in [0.2, 0.25) is 0 Å². The quantitative estimate of drug-likeness (QED) is 0.459. The minimum Gasteiger partial charge on any atom is -0.441 e. The van der Waals surface area contributed by atoms with Gasteiger partial charge in [-0.3, -0.25) is 4.79 Å². The lowest BCUT2D eigenvalue weighted by Crippen LogP contribution is -2.51. The first-order valence-electron chi connectivity index (χ1n) is 13.2. The van der Waals surface area contributed by atoms with Gasteiger partial charge in [0.05, 0.1) is 5.54 Å². The number of nitrogens with one attached hydrogen (secondary N) is 1. The lowest BCUT2D eigenvalue weighted by Gasteiger charge is -2.42. The van der Waals surface area contributed by atoms with Gasteiger partial charge in [-0.05, 0) is 86.4 Å². The Bertz CT molecular complexity index is 1330. The van der Waals surface area contributed by atoms with Gasteiger partial charge in [0.25, 0.3) is 5.91 Å². The predicted octanol–water partition coefficient (Wildman–Crippen LogP) is 6.34. The van der Waals surface area contributed by atoms with Crippen molar-refractivity contribution in [1.29, 1.82) is 0 Å². The van der Waals surface area contributed by atoms with Crippen LogP contribution in [0.1, 0.15) is 73.5 Å². The lowest BCUT2D eigenvalue weighted by molar-refractivity contribution is 0.0645. The molecule has 1 spiro atoms. The number of carbonyl (C=O) groups is 1. The highest BCUT2D eigenvalue weighted by Crippen LogP contribution is 2.35. The number of allylic oxidation sites excluding steroid dienone is 4. The third kappa shape index (κ3) is 4.77. The van der Waals surface area contributed by atoms with E-state index in [9.17, 15) is 4.79 Å². The second kappa shape index (κ2) is 10.2. The van der Waals surface area contributed by atoms with Crippen molar-refractivity contribution in [1.82, 2.24) is 19.8 Å². The topological polar surface area (TPSA) is 63.3 Å². The van der Waals surface area contributed by atoms with Crippen LogP contribution in [0.25, 0.3) is 17.3 Å². The summed E-state index contributed by atoms with van der Waals surface area (Å²) < 4.78 is 8.09. The highest BCUT2D eigenvalue weighted by Gasteiger charge is 2.39. The number of unbranched alkanes of at least 4 members (excludes halogenated alkanes) is 1. The predicted molar refractivity (Wildman–Crippen MR) is 145 cm³/mol. The molecule has 0 saturated carbocycles. The van der Waals surface area contributed by atoms with E-state index in [0.29, 0.717) is 18.7 Å². The van der Waals surface area contributed by atoms with Crippen molar-refractivity contribution in [3.05, 3.63) is 83.2 Å². The number of nitrogens with zero attached hydrogens (tertiary/aromatic N) is 3. The Morgan fingerprint density at radius 2 is 2.03 bits per heavy atom. The monoisotopic (exact) mass is 484 g/mol. The van der Waals surface area contributed by atoms with E-state index in [4.69, 9.17) is 4.42 Å². The molecule has 0 bridgehead atoms. The Labute approximate surface area is 213 Å². The number of benzene rings is 1. The maximum Gasteiger partial charge on any atom is 0.253 e. The Kier molecular flexibility index (Phi) is 6.86. The van der Waals surface area contributed by atoms with Crippen LogP contribution >= 0.6 is 0 Å². The van der Waals surface area contributed by atoms with Crippen LogP contribution < -0.4 is 5.32 Å². The van der Waals surface area contributed by atoms with E-state index in [2.05, 4.69) is 78.5 Å². The van der Waals surface area contributed by atoms with Crippen molar-refractivity contribution >= 4 is 23.2 Å². The van der Waals surface area contributed by atoms with Gasteiger partial charge in [-0.2, -0.15) is 0 Å². The Balaban J connectivity index is 1.36. The number of piperidine rings is 1. The van der Waals surface area contributed by atoms with Crippen molar-refractivity contribution in [2.24, 2.45) is 0 Å². The number of likely N-dealkylation sites (tertiary alicyclic amines) is 1. The number of rotatable bonds is 5. The van der Waals surface area contributed by atoms with Crippen molar-refractivity contribution in [2.75, 3.05) is 13.1 Å². The van der Waals surface area contributed by atoms with Crippen LogP contribution in [0.4, 0.5) is 0 Å². The van der Waals surface area contributed by atoms with Gasteiger partial charge in [-0.15, -0.1) is 0 Å². The summed E-state index contributed by atoms with van der Waals surface area (Å²) in [6.07, 6.45) is 18.5. The molecule has 0 atom stereocenters. The van der Waals surface area contributed by atoms with Crippen molar-refractivity contribution in [2.45, 2.75) is 64.8 Å². The molecule has 0 unspecified atom stereocenters. The number of amides is 1. The van der Waals surface area contributed by atoms with Gasteiger partial charge in [-0.1, -0.05) is 26.3 Å². The van der Waals surface area contributed by atoms with E-state index in [0.717, 1.165) is 55.5 Å². The SMILES string of the molecule is CCCCc1nc2cc(C(=O)N3CCC4(CC3)N/C=C/C(CC)=C\C=C\n3cc(C)cc34)ccc2o1. The molecular formula is C30H36N4O2. The fourth-order valence-electron chi connectivity index (χ4n) is 5.28. The summed E-state index contributed by atoms with van der Waals surface area (Å²) >= 11 is 0. The van der Waals surface area contributed by atoms with Crippen LogP contribution in [-0.4, -0.2) is 33.4 Å². The summed E-state index contributed by atoms with van der Waals surface area (Å²) in [6, 6.07) is 7.89. The van der Waals surface area contributed by atoms with Crippen LogP contribution in [0.3, 0.4) is 0 Å². The smallest absolute Gasteiger partial charge is 0.253 e. The van der Waals surface area contributed by atoms with Gasteiger partial charge in [0.15, 0.2) is 11.5 Å². The minimum atomic E-state index is -0.230. The second-order valence-corrected chi connectivity index (χ2v) is 9.99. The molecule has 1 N–H and O–H groups in total. The Morgan fingerprint density at radius 3 is 2.81 bits per heavy atom. The molecule has 2 aromatic heterocycles. The number of aryl methyl sites for hydroxylation is 2. The molecule has 3 aromatic rings. The standard InChI is InChI=1S/C30H36N4O2/c1-4-6-9-28-32-25-20-24(10-11-26(25)36-28)29(35)33-17-13-30(14-18-33)27-19-22(3)21-34(27)16-7-8-23(5-2)12-15-31-30/h7-8,10-12,15-16,19-21,31H,4-6,9,13-14,17-18H2,1-3H3/b15-12+,16-7+,23-8-. The van der Waals surface area contributed by atoms with E-state index in [1.807, 2.05) is 23.1 Å². The first-order valence-corrected chi connectivity index (χ1v) is 13.2. The Hall–Kier alpha value is -3.54. The van der Waals surface area contributed by atoms with E-state index >= 15 is 0 Å². The number of aromatic nitrogens is 2. The Morgan fingerprint density at radius 1 is 1.19 bits per heavy atom. The third-order valence-corrected chi connectivity index (χ3v) is 7.43. The number of fused-ring (bicyclic) bond motifs is 3. The largest absolute Gasteiger partial charge is 0.441 e. The number of carbonyl (C=O) groups excluding carboxylic acids is 1. The maximum absolute atomic E-state index is 13.5. The zero-order valence-corrected chi connectivity index (χ0v) is 21.6. The van der Waals surface area contributed by atoms with Crippen molar-refractivity contribution in [3.8, 4) is 0 Å². The average molecular weight is 485 g/mol. The first-order chi connectivity index (χ1) is 17.5. The van der Waals surface area contributed by atoms with Gasteiger partial charge in [0, 0.05) is 43.2 Å². The summed E-state index contributed by atoms with van der Waals surface area (Å²) in [6.45, 7) is 7.83. The molecule has 5 rings (SSSR count). The van der Waals surface area contributed by atoms with E-state index in [1.54, 1.807) is 0 Å². The number of hydrogen-bond donors (Lipinski definition) is 1. The summed E-state index contributed by atoms with van der Waals surface area (Å²) in [5, 5.41) is 3.74. The van der Waals surface area contributed by atoms with Crippen LogP contribution in [0.5, 0.6) is 0 Å². The summed E-state index contributed by atoms with van der Waals surface area (Å²) in [4.78, 5) is 20.0. The molecule has 1 amide bonds. The number of hydrogen-bond acceptors (Lipinski definition) is 4. The molecule has 36 heavy (non-hydrogen) atoms. The molecule has 6 heteroatoms. The van der Waals surface area contributed by atoms with Gasteiger partial charge in [-0.25, -0.2) is 4.98 Å². The highest BCUT2D eigenvalue weighted by atomic mass is 16.3. The van der Waals surface area contributed by atoms with Crippen LogP contribution in [0, 0.1) is 6.92 Å². The first kappa shape index (κ1) is 24.2. The highest BCUT2D eigenvalue weighted by molar-refractivity contribution is 5.97.